The quantitative estimate of drug-likeness (QED) is 0.0514. The molecule has 15 atom stereocenters. The fourth-order valence-electron chi connectivity index (χ4n) is 11.2. The van der Waals surface area contributed by atoms with Gasteiger partial charge in [-0.1, -0.05) is 101 Å². The highest BCUT2D eigenvalue weighted by Crippen LogP contribution is 2.30. The van der Waals surface area contributed by atoms with Crippen molar-refractivity contribution in [3.8, 4) is 33.8 Å². The van der Waals surface area contributed by atoms with Gasteiger partial charge in [-0.05, 0) is 104 Å². The van der Waals surface area contributed by atoms with Crippen molar-refractivity contribution in [2.24, 2.45) is 5.92 Å². The minimum absolute atomic E-state index is 0.0490. The Labute approximate surface area is 523 Å². The zero-order valence-corrected chi connectivity index (χ0v) is 51.7. The number of ether oxygens (including phenoxy) is 2. The van der Waals surface area contributed by atoms with E-state index in [1.165, 1.54) is 43.3 Å². The van der Waals surface area contributed by atoms with Crippen LogP contribution < -0.4 is 31.3 Å². The van der Waals surface area contributed by atoms with Gasteiger partial charge >= 0.3 is 0 Å². The van der Waals surface area contributed by atoms with Gasteiger partial charge < -0.3 is 91.6 Å². The van der Waals surface area contributed by atoms with Crippen LogP contribution in [-0.2, 0) is 33.5 Å². The maximum absolute atomic E-state index is 14.9. The van der Waals surface area contributed by atoms with Gasteiger partial charge in [-0.2, -0.15) is 0 Å². The van der Waals surface area contributed by atoms with Crippen molar-refractivity contribution < 1.29 is 83.9 Å². The van der Waals surface area contributed by atoms with E-state index in [0.29, 0.717) is 13.2 Å². The second-order valence-electron chi connectivity index (χ2n) is 23.8. The van der Waals surface area contributed by atoms with Crippen molar-refractivity contribution in [2.75, 3.05) is 46.4 Å². The molecule has 90 heavy (non-hydrogen) atoms. The van der Waals surface area contributed by atoms with E-state index in [4.69, 9.17) is 9.47 Å². The number of phenols is 1. The van der Waals surface area contributed by atoms with Crippen molar-refractivity contribution in [1.82, 2.24) is 41.3 Å². The van der Waals surface area contributed by atoms with E-state index in [2.05, 4.69) is 33.5 Å². The number of nitrogens with zero attached hydrogens (tertiary/aromatic N) is 3. The van der Waals surface area contributed by atoms with Crippen LogP contribution >= 0.6 is 0 Å². The Morgan fingerprint density at radius 2 is 1.18 bits per heavy atom. The van der Waals surface area contributed by atoms with E-state index in [-0.39, 0.29) is 36.6 Å². The number of carbonyl (C=O) groups excluding carboxylic acids is 7. The van der Waals surface area contributed by atoms with Crippen LogP contribution in [0.5, 0.6) is 11.5 Å². The third-order valence-electron chi connectivity index (χ3n) is 16.7. The number of aromatic hydroxyl groups is 1. The van der Waals surface area contributed by atoms with Crippen LogP contribution in [0.25, 0.3) is 22.3 Å². The summed E-state index contributed by atoms with van der Waals surface area (Å²) in [6, 6.07) is 15.3. The number of rotatable bonds is 21. The molecule has 3 aliphatic rings. The molecule has 25 nitrogen and oxygen atoms in total. The Kier molecular flexibility index (Phi) is 25.2. The van der Waals surface area contributed by atoms with Gasteiger partial charge in [-0.15, -0.1) is 0 Å². The molecule has 13 N–H and O–H groups in total. The van der Waals surface area contributed by atoms with Gasteiger partial charge in [0.05, 0.1) is 37.6 Å². The van der Waals surface area contributed by atoms with Gasteiger partial charge in [0.1, 0.15) is 66.1 Å². The van der Waals surface area contributed by atoms with Crippen molar-refractivity contribution in [2.45, 2.75) is 165 Å². The van der Waals surface area contributed by atoms with E-state index in [1.807, 2.05) is 67.4 Å². The first kappa shape index (κ1) is 69.9. The number of nitrogens with one attached hydrogen (secondary N) is 5. The highest BCUT2D eigenvalue weighted by atomic mass is 16.5. The standard InChI is InChI=1S/C65H88N8O17/c1-7-9-11-30-89-47-26-22-42(23-27-47)40-14-12-39(13-15-40)41-16-18-44(19-17-41)58(82)66-48-33-50(78)63(90-31-29-71(6)28-10-8-2)70-62(86)54-55(79)36(3)34-73(54)65(88)52(38(5)75)68-61(85)53(57(81)56(80)43-20-24-45(76)25-21-43)69-60(84)49-32-46(77)35-72(49)64(87)51(37(4)74)67-59(48)83/h12-27,36-38,46,48-57,63,74-81H,7-11,28-35H2,1-6H3,(H,66,82)(H,67,83)(H,68,85)(H,69,84)(H,70,86)/t36-,37-,38-,46+,48-,49-,50+,51-,52-,53-,54-,55-,56-,57-,63+/m0/s1. The maximum atomic E-state index is 14.9. The first-order valence-corrected chi connectivity index (χ1v) is 30.8. The number of hydrogen-bond donors (Lipinski definition) is 13. The lowest BCUT2D eigenvalue weighted by Gasteiger charge is -2.34. The number of aliphatic hydroxyl groups excluding tert-OH is 7. The van der Waals surface area contributed by atoms with Gasteiger partial charge in [0.15, 0.2) is 6.23 Å². The van der Waals surface area contributed by atoms with Crippen LogP contribution in [0.15, 0.2) is 97.1 Å². The van der Waals surface area contributed by atoms with Crippen molar-refractivity contribution >= 4 is 41.4 Å². The predicted molar refractivity (Wildman–Crippen MR) is 330 cm³/mol. The highest BCUT2D eigenvalue weighted by molar-refractivity contribution is 6.00. The zero-order chi connectivity index (χ0) is 65.5. The average Bonchev–Trinajstić information content (AvgIpc) is 1.64. The minimum atomic E-state index is -2.29. The predicted octanol–water partition coefficient (Wildman–Crippen LogP) is 0.829. The summed E-state index contributed by atoms with van der Waals surface area (Å²) in [4.78, 5) is 106. The molecule has 0 bridgehead atoms. The van der Waals surface area contributed by atoms with Gasteiger partial charge in [0.2, 0.25) is 35.4 Å². The number of carbonyl (C=O) groups is 7. The van der Waals surface area contributed by atoms with Crippen LogP contribution in [0, 0.1) is 5.92 Å². The Morgan fingerprint density at radius 3 is 1.76 bits per heavy atom. The van der Waals surface area contributed by atoms with Crippen LogP contribution in [0.4, 0.5) is 0 Å². The van der Waals surface area contributed by atoms with E-state index in [9.17, 15) is 74.4 Å². The van der Waals surface area contributed by atoms with E-state index < -0.39 is 152 Å². The SMILES string of the molecule is CCCCCOc1ccc(-c2ccc(-c3ccc(C(=O)N[C@H]4C[C@@H](O)[C@@H](OCCN(C)CCCC)NC(=O)[C@@H]5[C@@H](O)[C@@H](C)CN5C(=O)[C@H]([C@H](C)O)NC(=O)[C@H]([C@H](O)[C@@H](O)c5ccc(O)cc5)NC(=O)[C@@H]5C[C@@H](O)CN5C(=O)[C@H]([C@H](C)O)NC4=O)cc3)cc2)cc1. The molecule has 4 aromatic carbocycles. The summed E-state index contributed by atoms with van der Waals surface area (Å²) in [6.45, 7) is 8.45. The minimum Gasteiger partial charge on any atom is -0.508 e. The van der Waals surface area contributed by atoms with Crippen LogP contribution in [0.3, 0.4) is 0 Å². The number of phenolic OH excluding ortho intramolecular Hbond substituents is 1. The van der Waals surface area contributed by atoms with Gasteiger partial charge in [-0.3, -0.25) is 33.6 Å². The smallest absolute Gasteiger partial charge is 0.251 e. The number of benzene rings is 4. The number of unbranched alkanes of at least 4 members (excludes halogenated alkanes) is 3. The number of amides is 7. The van der Waals surface area contributed by atoms with Crippen molar-refractivity contribution in [3.05, 3.63) is 108 Å². The molecule has 490 valence electrons. The van der Waals surface area contributed by atoms with Gasteiger partial charge in [-0.25, -0.2) is 0 Å². The van der Waals surface area contributed by atoms with Gasteiger partial charge in [0.25, 0.3) is 5.91 Å². The topological polar surface area (TPSA) is 370 Å². The summed E-state index contributed by atoms with van der Waals surface area (Å²) in [7, 11) is 1.82. The largest absolute Gasteiger partial charge is 0.508 e. The van der Waals surface area contributed by atoms with Crippen molar-refractivity contribution in [1.29, 1.82) is 0 Å². The molecular weight excluding hydrogens is 1160 g/mol. The lowest BCUT2D eigenvalue weighted by molar-refractivity contribution is -0.149. The number of likely N-dealkylation sites (N-methyl/N-ethyl adjacent to an activating group) is 1. The summed E-state index contributed by atoms with van der Waals surface area (Å²) >= 11 is 0. The number of aliphatic hydroxyl groups is 7. The summed E-state index contributed by atoms with van der Waals surface area (Å²) in [5.41, 5.74) is 3.48. The number of fused-ring (bicyclic) bond motifs is 2. The van der Waals surface area contributed by atoms with Gasteiger partial charge in [0, 0.05) is 44.0 Å². The molecule has 0 saturated carbocycles. The van der Waals surface area contributed by atoms with E-state index >= 15 is 0 Å². The highest BCUT2D eigenvalue weighted by Gasteiger charge is 2.50. The molecule has 0 spiro atoms. The molecule has 3 heterocycles. The summed E-state index contributed by atoms with van der Waals surface area (Å²) in [6.07, 6.45) is -10.9. The second kappa shape index (κ2) is 32.4. The number of hydrogen-bond acceptors (Lipinski definition) is 18. The normalized spacial score (nSPS) is 26.2. The Hall–Kier alpha value is -7.59. The Balaban J connectivity index is 1.23. The van der Waals surface area contributed by atoms with Crippen molar-refractivity contribution in [3.63, 3.8) is 0 Å². The summed E-state index contributed by atoms with van der Waals surface area (Å²) < 4.78 is 12.0. The molecule has 3 aliphatic heterocycles. The summed E-state index contributed by atoms with van der Waals surface area (Å²) in [5.74, 6) is -8.23. The van der Waals surface area contributed by atoms with Crippen LogP contribution in [0.2, 0.25) is 0 Å². The Morgan fingerprint density at radius 1 is 0.633 bits per heavy atom. The Bertz CT molecular complexity index is 3050. The molecule has 25 heteroatoms. The third-order valence-corrected chi connectivity index (χ3v) is 16.7. The molecule has 0 aliphatic carbocycles. The molecule has 4 aromatic rings. The lowest BCUT2D eigenvalue weighted by atomic mass is 9.96. The van der Waals surface area contributed by atoms with Crippen LogP contribution in [-0.4, -0.2) is 222 Å². The molecule has 0 aromatic heterocycles. The zero-order valence-electron chi connectivity index (χ0n) is 51.7. The first-order valence-electron chi connectivity index (χ1n) is 30.8. The molecule has 3 saturated heterocycles. The summed E-state index contributed by atoms with van der Waals surface area (Å²) in [5, 5.41) is 103. The molecular formula is C65H88N8O17. The third kappa shape index (κ3) is 17.9. The first-order chi connectivity index (χ1) is 42.9. The fourth-order valence-corrected chi connectivity index (χ4v) is 11.2. The molecule has 0 radical (unpaired) electrons. The maximum Gasteiger partial charge on any atom is 0.251 e. The molecule has 7 amide bonds. The molecule has 0 unspecified atom stereocenters. The fraction of sp³-hybridized carbons (Fsp3) is 0.523. The van der Waals surface area contributed by atoms with E-state index in [0.717, 1.165) is 83.8 Å². The monoisotopic (exact) mass is 1250 g/mol. The van der Waals surface area contributed by atoms with Crippen LogP contribution in [0.1, 0.15) is 102 Å². The second-order valence-corrected chi connectivity index (χ2v) is 23.8. The van der Waals surface area contributed by atoms with E-state index in [1.54, 1.807) is 12.1 Å². The lowest BCUT2D eigenvalue weighted by Crippen LogP contribution is -2.64. The molecule has 3 fully saturated rings. The average molecular weight is 1250 g/mol. The molecule has 7 rings (SSSR count).